The zero-order valence-electron chi connectivity index (χ0n) is 14.5. The van der Waals surface area contributed by atoms with E-state index >= 15 is 0 Å². The van der Waals surface area contributed by atoms with E-state index in [4.69, 9.17) is 13.9 Å². The molecule has 1 amide bonds. The first-order valence-corrected chi connectivity index (χ1v) is 7.96. The fourth-order valence-electron chi connectivity index (χ4n) is 2.60. The fraction of sp³-hybridized carbons (Fsp3) is 0.263. The molecule has 0 spiro atoms. The van der Waals surface area contributed by atoms with Crippen LogP contribution in [0.3, 0.4) is 0 Å². The molecule has 25 heavy (non-hydrogen) atoms. The predicted octanol–water partition coefficient (Wildman–Crippen LogP) is 3.13. The number of aryl methyl sites for hydroxylation is 1. The van der Waals surface area contributed by atoms with Crippen molar-refractivity contribution in [2.75, 3.05) is 20.8 Å². The summed E-state index contributed by atoms with van der Waals surface area (Å²) in [6.45, 7) is 2.33. The summed E-state index contributed by atoms with van der Waals surface area (Å²) in [6, 6.07) is 11.0. The van der Waals surface area contributed by atoms with Crippen molar-refractivity contribution in [2.24, 2.45) is 0 Å². The lowest BCUT2D eigenvalue weighted by molar-refractivity contribution is 0.0953. The van der Waals surface area contributed by atoms with Crippen molar-refractivity contribution >= 4 is 17.0 Å². The van der Waals surface area contributed by atoms with E-state index in [1.54, 1.807) is 32.4 Å². The van der Waals surface area contributed by atoms with E-state index in [9.17, 15) is 4.79 Å². The molecular weight excluding hydrogens is 320 g/mol. The molecule has 0 aliphatic carbocycles. The summed E-state index contributed by atoms with van der Waals surface area (Å²) in [5.74, 6) is 1.63. The minimum absolute atomic E-state index is 0.172. The van der Waals surface area contributed by atoms with Crippen LogP contribution in [0.25, 0.3) is 11.1 Å². The molecule has 2 aromatic carbocycles. The predicted molar refractivity (Wildman–Crippen MR) is 94.3 cm³/mol. The van der Waals surface area contributed by atoms with Gasteiger partial charge < -0.3 is 19.2 Å². The van der Waals surface area contributed by atoms with Crippen LogP contribution in [0.15, 0.2) is 40.8 Å². The molecule has 1 aromatic heterocycles. The van der Waals surface area contributed by atoms with Gasteiger partial charge in [-0.15, -0.1) is 0 Å². The lowest BCUT2D eigenvalue weighted by atomic mass is 10.1. The summed E-state index contributed by atoms with van der Waals surface area (Å²) in [4.78, 5) is 16.6. The molecule has 0 bridgehead atoms. The number of rotatable bonds is 6. The van der Waals surface area contributed by atoms with Gasteiger partial charge in [0.1, 0.15) is 17.0 Å². The van der Waals surface area contributed by atoms with Gasteiger partial charge in [-0.2, -0.15) is 0 Å². The monoisotopic (exact) mass is 340 g/mol. The number of ether oxygens (including phenoxy) is 2. The van der Waals surface area contributed by atoms with Crippen LogP contribution in [-0.2, 0) is 6.42 Å². The van der Waals surface area contributed by atoms with Crippen molar-refractivity contribution in [2.45, 2.75) is 13.3 Å². The van der Waals surface area contributed by atoms with E-state index in [-0.39, 0.29) is 5.91 Å². The summed E-state index contributed by atoms with van der Waals surface area (Å²) in [7, 11) is 3.11. The molecule has 0 atom stereocenters. The van der Waals surface area contributed by atoms with Crippen LogP contribution in [0.4, 0.5) is 0 Å². The smallest absolute Gasteiger partial charge is 0.251 e. The van der Waals surface area contributed by atoms with Crippen LogP contribution in [0, 0.1) is 6.92 Å². The average molecular weight is 340 g/mol. The molecule has 130 valence electrons. The van der Waals surface area contributed by atoms with E-state index in [0.717, 1.165) is 16.7 Å². The first-order valence-electron chi connectivity index (χ1n) is 7.96. The molecule has 3 rings (SSSR count). The summed E-state index contributed by atoms with van der Waals surface area (Å²) in [6.07, 6.45) is 0.697. The number of carbonyl (C=O) groups is 1. The Bertz CT molecular complexity index is 879. The lowest BCUT2D eigenvalue weighted by Gasteiger charge is -2.09. The van der Waals surface area contributed by atoms with Crippen molar-refractivity contribution in [1.29, 1.82) is 0 Å². The number of benzene rings is 2. The molecule has 0 unspecified atom stereocenters. The highest BCUT2D eigenvalue weighted by Gasteiger charge is 2.10. The number of nitrogens with one attached hydrogen (secondary N) is 1. The van der Waals surface area contributed by atoms with E-state index in [0.29, 0.717) is 35.9 Å². The van der Waals surface area contributed by atoms with Crippen LogP contribution in [0.5, 0.6) is 11.5 Å². The largest absolute Gasteiger partial charge is 0.497 e. The minimum Gasteiger partial charge on any atom is -0.497 e. The maximum Gasteiger partial charge on any atom is 0.251 e. The molecule has 0 aliphatic rings. The normalized spacial score (nSPS) is 10.7. The highest BCUT2D eigenvalue weighted by atomic mass is 16.5. The van der Waals surface area contributed by atoms with E-state index < -0.39 is 0 Å². The molecule has 1 heterocycles. The quantitative estimate of drug-likeness (QED) is 0.746. The van der Waals surface area contributed by atoms with Crippen molar-refractivity contribution in [3.63, 3.8) is 0 Å². The highest BCUT2D eigenvalue weighted by molar-refractivity contribution is 5.95. The summed E-state index contributed by atoms with van der Waals surface area (Å²) >= 11 is 0. The highest BCUT2D eigenvalue weighted by Crippen LogP contribution is 2.22. The number of amides is 1. The van der Waals surface area contributed by atoms with Crippen LogP contribution in [-0.4, -0.2) is 31.7 Å². The molecular formula is C19H20N2O4. The molecule has 1 N–H and O–H groups in total. The van der Waals surface area contributed by atoms with Crippen molar-refractivity contribution in [1.82, 2.24) is 10.3 Å². The first kappa shape index (κ1) is 16.8. The second-order valence-electron chi connectivity index (χ2n) is 5.64. The zero-order valence-corrected chi connectivity index (χ0v) is 14.5. The molecule has 0 saturated heterocycles. The van der Waals surface area contributed by atoms with Gasteiger partial charge in [-0.1, -0.05) is 6.07 Å². The maximum absolute atomic E-state index is 12.3. The number of aromatic nitrogens is 1. The molecule has 6 heteroatoms. The standard InChI is InChI=1S/C19H20N2O4/c1-12-21-17-5-4-13(8-18(17)25-12)6-7-20-19(22)14-9-15(23-2)11-16(10-14)24-3/h4-5,8-11H,6-7H2,1-3H3,(H,20,22). The van der Waals surface area contributed by atoms with Gasteiger partial charge in [-0.05, 0) is 36.2 Å². The third-order valence-corrected chi connectivity index (χ3v) is 3.87. The average Bonchev–Trinajstić information content (AvgIpc) is 3.00. The molecule has 0 radical (unpaired) electrons. The molecule has 0 fully saturated rings. The number of fused-ring (bicyclic) bond motifs is 1. The Labute approximate surface area is 145 Å². The van der Waals surface area contributed by atoms with Crippen LogP contribution in [0.1, 0.15) is 21.8 Å². The first-order chi connectivity index (χ1) is 12.1. The number of nitrogens with zero attached hydrogens (tertiary/aromatic N) is 1. The maximum atomic E-state index is 12.3. The van der Waals surface area contributed by atoms with Crippen LogP contribution >= 0.6 is 0 Å². The number of methoxy groups -OCH3 is 2. The van der Waals surface area contributed by atoms with E-state index in [1.165, 1.54) is 0 Å². The Morgan fingerprint density at radius 1 is 1.12 bits per heavy atom. The summed E-state index contributed by atoms with van der Waals surface area (Å²) in [5.41, 5.74) is 3.18. The Hall–Kier alpha value is -3.02. The van der Waals surface area contributed by atoms with Crippen LogP contribution in [0.2, 0.25) is 0 Å². The van der Waals surface area contributed by atoms with Crippen molar-refractivity contribution in [3.05, 3.63) is 53.4 Å². The third kappa shape index (κ3) is 3.91. The Morgan fingerprint density at radius 3 is 2.52 bits per heavy atom. The van der Waals surface area contributed by atoms with Gasteiger partial charge in [0.05, 0.1) is 14.2 Å². The Kier molecular flexibility index (Phi) is 4.88. The minimum atomic E-state index is -0.172. The number of hydrogen-bond donors (Lipinski definition) is 1. The molecule has 3 aromatic rings. The Morgan fingerprint density at radius 2 is 1.84 bits per heavy atom. The second kappa shape index (κ2) is 7.25. The second-order valence-corrected chi connectivity index (χ2v) is 5.64. The van der Waals surface area contributed by atoms with Gasteiger partial charge in [-0.3, -0.25) is 4.79 Å². The van der Waals surface area contributed by atoms with Crippen LogP contribution < -0.4 is 14.8 Å². The van der Waals surface area contributed by atoms with Gasteiger partial charge >= 0.3 is 0 Å². The number of oxazole rings is 1. The van der Waals surface area contributed by atoms with Crippen molar-refractivity contribution < 1.29 is 18.7 Å². The number of hydrogen-bond acceptors (Lipinski definition) is 5. The van der Waals surface area contributed by atoms with Gasteiger partial charge in [-0.25, -0.2) is 4.98 Å². The molecule has 0 saturated carbocycles. The van der Waals surface area contributed by atoms with E-state index in [2.05, 4.69) is 10.3 Å². The summed E-state index contributed by atoms with van der Waals surface area (Å²) in [5, 5.41) is 2.91. The third-order valence-electron chi connectivity index (χ3n) is 3.87. The topological polar surface area (TPSA) is 73.6 Å². The van der Waals surface area contributed by atoms with Gasteiger partial charge in [0.2, 0.25) is 0 Å². The fourth-order valence-corrected chi connectivity index (χ4v) is 2.60. The van der Waals surface area contributed by atoms with Gasteiger partial charge in [0, 0.05) is 25.1 Å². The Balaban J connectivity index is 1.63. The lowest BCUT2D eigenvalue weighted by Crippen LogP contribution is -2.25. The SMILES string of the molecule is COc1cc(OC)cc(C(=O)NCCc2ccc3nc(C)oc3c2)c1. The number of carbonyl (C=O) groups excluding carboxylic acids is 1. The van der Waals surface area contributed by atoms with Crippen molar-refractivity contribution in [3.8, 4) is 11.5 Å². The molecule has 6 nitrogen and oxygen atoms in total. The van der Waals surface area contributed by atoms with E-state index in [1.807, 2.05) is 25.1 Å². The van der Waals surface area contributed by atoms with Gasteiger partial charge in [0.15, 0.2) is 11.5 Å². The molecule has 0 aliphatic heterocycles. The van der Waals surface area contributed by atoms with Gasteiger partial charge in [0.25, 0.3) is 5.91 Å². The zero-order chi connectivity index (χ0) is 17.8. The summed E-state index contributed by atoms with van der Waals surface area (Å²) < 4.78 is 15.9.